The zero-order valence-electron chi connectivity index (χ0n) is 10.2. The average Bonchev–Trinajstić information content (AvgIpc) is 2.25. The number of aromatic nitrogens is 1. The lowest BCUT2D eigenvalue weighted by molar-refractivity contribution is -0.872. The molecule has 0 aliphatic heterocycles. The summed E-state index contributed by atoms with van der Waals surface area (Å²) in [6.45, 7) is 2.51. The molecule has 2 rings (SSSR count). The Kier molecular flexibility index (Phi) is 2.98. The van der Waals surface area contributed by atoms with Gasteiger partial charge in [0.2, 0.25) is 0 Å². The van der Waals surface area contributed by atoms with Crippen LogP contribution in [-0.2, 0) is 6.54 Å². The van der Waals surface area contributed by atoms with Crippen LogP contribution in [0.2, 0.25) is 0 Å². The summed E-state index contributed by atoms with van der Waals surface area (Å²) in [5.74, 6) is -0.380. The van der Waals surface area contributed by atoms with Crippen molar-refractivity contribution in [2.24, 2.45) is 0 Å². The maximum absolute atomic E-state index is 13.2. The number of quaternary nitrogens is 1. The second-order valence-electron chi connectivity index (χ2n) is 4.63. The molecule has 2 aromatic rings. The lowest BCUT2D eigenvalue weighted by Crippen LogP contribution is -3.04. The molecule has 0 saturated carbocycles. The fourth-order valence-corrected chi connectivity index (χ4v) is 1.99. The number of pyridine rings is 1. The van der Waals surface area contributed by atoms with Crippen molar-refractivity contribution in [1.29, 1.82) is 0 Å². The molecule has 2 N–H and O–H groups in total. The highest BCUT2D eigenvalue weighted by molar-refractivity contribution is 5.79. The van der Waals surface area contributed by atoms with Crippen molar-refractivity contribution in [1.82, 2.24) is 4.98 Å². The zero-order valence-corrected chi connectivity index (χ0v) is 10.2. The first kappa shape index (κ1) is 11.8. The lowest BCUT2D eigenvalue weighted by atomic mass is 10.1. The van der Waals surface area contributed by atoms with Gasteiger partial charge in [0.05, 0.1) is 19.7 Å². The van der Waals surface area contributed by atoms with Crippen molar-refractivity contribution < 1.29 is 9.29 Å². The summed E-state index contributed by atoms with van der Waals surface area (Å²) in [6.07, 6.45) is 0. The summed E-state index contributed by atoms with van der Waals surface area (Å²) in [5.41, 5.74) is 2.20. The van der Waals surface area contributed by atoms with Crippen LogP contribution >= 0.6 is 0 Å². The summed E-state index contributed by atoms with van der Waals surface area (Å²) >= 11 is 0. The maximum Gasteiger partial charge on any atom is 0.198 e. The van der Waals surface area contributed by atoms with Crippen LogP contribution < -0.4 is 10.3 Å². The number of nitrogens with one attached hydrogen (secondary N) is 2. The highest BCUT2D eigenvalue weighted by Crippen LogP contribution is 2.12. The van der Waals surface area contributed by atoms with E-state index in [-0.39, 0.29) is 11.2 Å². The van der Waals surface area contributed by atoms with E-state index < -0.39 is 0 Å². The summed E-state index contributed by atoms with van der Waals surface area (Å²) < 4.78 is 13.2. The number of aryl methyl sites for hydroxylation is 1. The van der Waals surface area contributed by atoms with E-state index in [1.165, 1.54) is 12.1 Å². The molecule has 0 atom stereocenters. The van der Waals surface area contributed by atoms with Crippen molar-refractivity contribution >= 4 is 10.9 Å². The Morgan fingerprint density at radius 1 is 1.35 bits per heavy atom. The molecule has 0 radical (unpaired) electrons. The molecule has 0 bridgehead atoms. The van der Waals surface area contributed by atoms with Gasteiger partial charge in [0.1, 0.15) is 12.4 Å². The standard InChI is InChI=1S/C13H15FN2O/c1-8-11(7-16(2)3)13(17)10-6-9(14)4-5-12(10)15-8/h4-6H,7H2,1-3H3,(H,15,17)/p+1. The van der Waals surface area contributed by atoms with Gasteiger partial charge in [0.15, 0.2) is 5.43 Å². The van der Waals surface area contributed by atoms with Gasteiger partial charge in [0.25, 0.3) is 0 Å². The number of hydrogen-bond donors (Lipinski definition) is 2. The summed E-state index contributed by atoms with van der Waals surface area (Å²) in [6, 6.07) is 4.25. The van der Waals surface area contributed by atoms with Gasteiger partial charge < -0.3 is 9.88 Å². The van der Waals surface area contributed by atoms with Crippen LogP contribution in [0, 0.1) is 12.7 Å². The van der Waals surface area contributed by atoms with Gasteiger partial charge in [-0.2, -0.15) is 0 Å². The van der Waals surface area contributed by atoms with Crippen molar-refractivity contribution in [2.45, 2.75) is 13.5 Å². The van der Waals surface area contributed by atoms with Crippen LogP contribution in [0.15, 0.2) is 23.0 Å². The Labute approximate surface area is 98.9 Å². The number of hydrogen-bond acceptors (Lipinski definition) is 1. The Morgan fingerprint density at radius 2 is 2.06 bits per heavy atom. The second kappa shape index (κ2) is 4.30. The second-order valence-corrected chi connectivity index (χ2v) is 4.63. The van der Waals surface area contributed by atoms with E-state index in [1.807, 2.05) is 21.0 Å². The normalized spacial score (nSPS) is 11.4. The SMILES string of the molecule is Cc1[nH]c2ccc(F)cc2c(=O)c1C[NH+](C)C. The van der Waals surface area contributed by atoms with E-state index in [0.29, 0.717) is 17.4 Å². The van der Waals surface area contributed by atoms with Gasteiger partial charge in [-0.25, -0.2) is 4.39 Å². The highest BCUT2D eigenvalue weighted by Gasteiger charge is 2.12. The van der Waals surface area contributed by atoms with Crippen LogP contribution in [0.3, 0.4) is 0 Å². The molecule has 0 aliphatic carbocycles. The molecule has 0 aliphatic rings. The molecule has 17 heavy (non-hydrogen) atoms. The van der Waals surface area contributed by atoms with Crippen LogP contribution in [0.5, 0.6) is 0 Å². The Bertz CT molecular complexity index is 617. The molecule has 1 aromatic heterocycles. The first-order chi connectivity index (χ1) is 7.99. The van der Waals surface area contributed by atoms with Gasteiger partial charge in [-0.3, -0.25) is 4.79 Å². The minimum absolute atomic E-state index is 0.0723. The molecule has 1 aromatic carbocycles. The molecular weight excluding hydrogens is 219 g/mol. The third-order valence-corrected chi connectivity index (χ3v) is 2.81. The number of halogens is 1. The van der Waals surface area contributed by atoms with Crippen molar-refractivity contribution in [3.8, 4) is 0 Å². The first-order valence-electron chi connectivity index (χ1n) is 5.59. The third-order valence-electron chi connectivity index (χ3n) is 2.81. The van der Waals surface area contributed by atoms with Gasteiger partial charge >= 0.3 is 0 Å². The van der Waals surface area contributed by atoms with Crippen molar-refractivity contribution in [3.63, 3.8) is 0 Å². The smallest absolute Gasteiger partial charge is 0.198 e. The van der Waals surface area contributed by atoms with Gasteiger partial charge in [-0.15, -0.1) is 0 Å². The Morgan fingerprint density at radius 3 is 2.71 bits per heavy atom. The number of benzene rings is 1. The molecule has 1 heterocycles. The molecule has 0 amide bonds. The van der Waals surface area contributed by atoms with Gasteiger partial charge in [-0.05, 0) is 25.1 Å². The largest absolute Gasteiger partial charge is 0.358 e. The van der Waals surface area contributed by atoms with E-state index >= 15 is 0 Å². The maximum atomic E-state index is 13.2. The molecule has 90 valence electrons. The first-order valence-corrected chi connectivity index (χ1v) is 5.59. The van der Waals surface area contributed by atoms with Crippen LogP contribution in [0.4, 0.5) is 4.39 Å². The summed E-state index contributed by atoms with van der Waals surface area (Å²) in [7, 11) is 3.96. The zero-order chi connectivity index (χ0) is 12.6. The average molecular weight is 235 g/mol. The molecule has 0 saturated heterocycles. The van der Waals surface area contributed by atoms with Gasteiger partial charge in [0, 0.05) is 16.6 Å². The van der Waals surface area contributed by atoms with E-state index in [9.17, 15) is 9.18 Å². The van der Waals surface area contributed by atoms with Crippen molar-refractivity contribution in [3.05, 3.63) is 45.5 Å². The molecule has 4 heteroatoms. The van der Waals surface area contributed by atoms with E-state index in [1.54, 1.807) is 6.07 Å². The van der Waals surface area contributed by atoms with Crippen LogP contribution in [0.25, 0.3) is 10.9 Å². The van der Waals surface area contributed by atoms with Crippen LogP contribution in [-0.4, -0.2) is 19.1 Å². The van der Waals surface area contributed by atoms with Gasteiger partial charge in [-0.1, -0.05) is 0 Å². The molecule has 3 nitrogen and oxygen atoms in total. The summed E-state index contributed by atoms with van der Waals surface area (Å²) in [5, 5.41) is 0.423. The number of rotatable bonds is 2. The topological polar surface area (TPSA) is 37.3 Å². The predicted octanol–water partition coefficient (Wildman–Crippen LogP) is 0.620. The quantitative estimate of drug-likeness (QED) is 0.786. The molecule has 0 unspecified atom stereocenters. The van der Waals surface area contributed by atoms with E-state index in [2.05, 4.69) is 4.98 Å². The number of H-pyrrole nitrogens is 1. The Balaban J connectivity index is 2.73. The number of fused-ring (bicyclic) bond motifs is 1. The lowest BCUT2D eigenvalue weighted by Gasteiger charge is -2.10. The Hall–Kier alpha value is -1.68. The third kappa shape index (κ3) is 2.22. The molecule has 0 fully saturated rings. The highest BCUT2D eigenvalue weighted by atomic mass is 19.1. The minimum atomic E-state index is -0.380. The van der Waals surface area contributed by atoms with Crippen molar-refractivity contribution in [2.75, 3.05) is 14.1 Å². The number of aromatic amines is 1. The fraction of sp³-hybridized carbons (Fsp3) is 0.308. The predicted molar refractivity (Wildman–Crippen MR) is 65.8 cm³/mol. The summed E-state index contributed by atoms with van der Waals surface area (Å²) in [4.78, 5) is 16.6. The fourth-order valence-electron chi connectivity index (χ4n) is 1.99. The van der Waals surface area contributed by atoms with E-state index in [4.69, 9.17) is 0 Å². The van der Waals surface area contributed by atoms with E-state index in [0.717, 1.165) is 16.2 Å². The van der Waals surface area contributed by atoms with Crippen LogP contribution in [0.1, 0.15) is 11.3 Å². The molecular formula is C13H16FN2O+. The monoisotopic (exact) mass is 235 g/mol. The molecule has 0 spiro atoms. The minimum Gasteiger partial charge on any atom is -0.358 e.